The maximum absolute atomic E-state index is 8.89. The van der Waals surface area contributed by atoms with Gasteiger partial charge >= 0.3 is 0 Å². The average Bonchev–Trinajstić information content (AvgIpc) is 2.31. The molecule has 0 heterocycles. The van der Waals surface area contributed by atoms with Crippen LogP contribution < -0.4 is 0 Å². The summed E-state index contributed by atoms with van der Waals surface area (Å²) in [4.78, 5) is 0. The molecule has 0 bridgehead atoms. The normalized spacial score (nSPS) is 10.6. The molecule has 0 spiro atoms. The van der Waals surface area contributed by atoms with Gasteiger partial charge in [-0.1, -0.05) is 35.7 Å². The molecule has 80 valence electrons. The van der Waals surface area contributed by atoms with Gasteiger partial charge in [0.1, 0.15) is 6.61 Å². The first kappa shape index (κ1) is 12.0. The second-order valence-electron chi connectivity index (χ2n) is 3.39. The van der Waals surface area contributed by atoms with Gasteiger partial charge in [0.15, 0.2) is 0 Å². The Morgan fingerprint density at radius 2 is 2.12 bits per heavy atom. The number of rotatable bonds is 4. The van der Waals surface area contributed by atoms with Crippen LogP contribution in [0.25, 0.3) is 6.08 Å². The number of nitriles is 1. The Labute approximate surface area is 96.2 Å². The van der Waals surface area contributed by atoms with E-state index < -0.39 is 0 Å². The summed E-state index contributed by atoms with van der Waals surface area (Å²) in [5.74, 6) is 2.36. The van der Waals surface area contributed by atoms with Crippen LogP contribution in [-0.4, -0.2) is 13.2 Å². The molecule has 0 aromatic heterocycles. The third kappa shape index (κ3) is 4.00. The fraction of sp³-hybridized carbons (Fsp3) is 0.214. The molecule has 0 radical (unpaired) electrons. The van der Waals surface area contributed by atoms with Crippen molar-refractivity contribution in [1.29, 1.82) is 5.26 Å². The molecular weight excluding hydrogens is 198 g/mol. The lowest BCUT2D eigenvalue weighted by Crippen LogP contribution is -1.96. The molecule has 0 aliphatic heterocycles. The van der Waals surface area contributed by atoms with Gasteiger partial charge in [-0.05, 0) is 18.6 Å². The molecule has 0 fully saturated rings. The minimum absolute atomic E-state index is 0.229. The van der Waals surface area contributed by atoms with Gasteiger partial charge in [0.05, 0.1) is 18.2 Å². The topological polar surface area (TPSA) is 33.0 Å². The van der Waals surface area contributed by atoms with E-state index in [4.69, 9.17) is 16.4 Å². The quantitative estimate of drug-likeness (QED) is 0.435. The fourth-order valence-electron chi connectivity index (χ4n) is 1.19. The lowest BCUT2D eigenvalue weighted by Gasteiger charge is -1.99. The molecule has 2 heteroatoms. The van der Waals surface area contributed by atoms with E-state index in [2.05, 4.69) is 12.0 Å². The Bertz CT molecular complexity index is 443. The first-order chi connectivity index (χ1) is 7.76. The SMILES string of the molecule is C#CCOC/C(C#N)=C\c1ccc(C)cc1. The van der Waals surface area contributed by atoms with Gasteiger partial charge in [0.2, 0.25) is 0 Å². The third-order valence-electron chi connectivity index (χ3n) is 2.00. The minimum atomic E-state index is 0.229. The maximum Gasteiger partial charge on any atom is 0.107 e. The molecule has 1 aromatic rings. The van der Waals surface area contributed by atoms with Gasteiger partial charge in [0, 0.05) is 0 Å². The van der Waals surface area contributed by atoms with Gasteiger partial charge < -0.3 is 4.74 Å². The van der Waals surface area contributed by atoms with Crippen molar-refractivity contribution >= 4 is 6.08 Å². The van der Waals surface area contributed by atoms with Crippen molar-refractivity contribution in [2.24, 2.45) is 0 Å². The van der Waals surface area contributed by atoms with Gasteiger partial charge in [-0.25, -0.2) is 0 Å². The van der Waals surface area contributed by atoms with Crippen molar-refractivity contribution in [3.63, 3.8) is 0 Å². The van der Waals surface area contributed by atoms with Crippen molar-refractivity contribution in [3.8, 4) is 18.4 Å². The summed E-state index contributed by atoms with van der Waals surface area (Å²) in [6, 6.07) is 10.0. The molecule has 1 rings (SSSR count). The number of benzene rings is 1. The van der Waals surface area contributed by atoms with Crippen molar-refractivity contribution in [2.45, 2.75) is 6.92 Å². The molecule has 0 amide bonds. The van der Waals surface area contributed by atoms with Crippen molar-refractivity contribution in [3.05, 3.63) is 41.0 Å². The van der Waals surface area contributed by atoms with Crippen molar-refractivity contribution in [2.75, 3.05) is 13.2 Å². The zero-order valence-corrected chi connectivity index (χ0v) is 9.23. The largest absolute Gasteiger partial charge is 0.363 e. The Balaban J connectivity index is 2.69. The molecule has 0 aliphatic rings. The highest BCUT2D eigenvalue weighted by atomic mass is 16.5. The smallest absolute Gasteiger partial charge is 0.107 e. The Morgan fingerprint density at radius 3 is 2.69 bits per heavy atom. The maximum atomic E-state index is 8.89. The van der Waals surface area contributed by atoms with Crippen LogP contribution in [-0.2, 0) is 4.74 Å². The van der Waals surface area contributed by atoms with Crippen LogP contribution in [0.2, 0.25) is 0 Å². The number of nitrogens with zero attached hydrogens (tertiary/aromatic N) is 1. The molecule has 0 aliphatic carbocycles. The second-order valence-corrected chi connectivity index (χ2v) is 3.39. The summed E-state index contributed by atoms with van der Waals surface area (Å²) < 4.78 is 5.10. The first-order valence-electron chi connectivity index (χ1n) is 4.95. The highest BCUT2D eigenvalue weighted by molar-refractivity contribution is 5.57. The minimum Gasteiger partial charge on any atom is -0.363 e. The van der Waals surface area contributed by atoms with Crippen LogP contribution in [0, 0.1) is 30.6 Å². The predicted molar refractivity (Wildman–Crippen MR) is 64.4 cm³/mol. The second kappa shape index (κ2) is 6.45. The number of ether oxygens (including phenoxy) is 1. The Hall–Kier alpha value is -2.03. The highest BCUT2D eigenvalue weighted by Crippen LogP contribution is 2.08. The van der Waals surface area contributed by atoms with Gasteiger partial charge in [0.25, 0.3) is 0 Å². The molecular formula is C14H13NO. The molecule has 1 aromatic carbocycles. The summed E-state index contributed by atoms with van der Waals surface area (Å²) >= 11 is 0. The predicted octanol–water partition coefficient (Wildman–Crippen LogP) is 2.55. The van der Waals surface area contributed by atoms with Crippen LogP contribution >= 0.6 is 0 Å². The lowest BCUT2D eigenvalue weighted by molar-refractivity contribution is 0.195. The monoisotopic (exact) mass is 211 g/mol. The molecule has 0 saturated heterocycles. The lowest BCUT2D eigenvalue weighted by atomic mass is 10.1. The number of terminal acetylenes is 1. The van der Waals surface area contributed by atoms with Gasteiger partial charge in [-0.15, -0.1) is 6.42 Å². The Kier molecular flexibility index (Phi) is 4.86. The summed E-state index contributed by atoms with van der Waals surface area (Å²) in [6.45, 7) is 2.51. The van der Waals surface area contributed by atoms with Crippen LogP contribution in [0.3, 0.4) is 0 Å². The van der Waals surface area contributed by atoms with E-state index in [0.717, 1.165) is 5.56 Å². The fourth-order valence-corrected chi connectivity index (χ4v) is 1.19. The Morgan fingerprint density at radius 1 is 1.44 bits per heavy atom. The van der Waals surface area contributed by atoms with E-state index in [-0.39, 0.29) is 13.2 Å². The number of hydrogen-bond acceptors (Lipinski definition) is 2. The van der Waals surface area contributed by atoms with Crippen LogP contribution in [0.5, 0.6) is 0 Å². The van der Waals surface area contributed by atoms with Crippen molar-refractivity contribution < 1.29 is 4.74 Å². The summed E-state index contributed by atoms with van der Waals surface area (Å²) in [5, 5.41) is 8.89. The van der Waals surface area contributed by atoms with E-state index in [0.29, 0.717) is 5.57 Å². The summed E-state index contributed by atoms with van der Waals surface area (Å²) in [6.07, 6.45) is 6.85. The standard InChI is InChI=1S/C14H13NO/c1-3-8-16-11-14(10-15)9-13-6-4-12(2)5-7-13/h1,4-7,9H,8,11H2,2H3/b14-9-. The van der Waals surface area contributed by atoms with Crippen LogP contribution in [0.4, 0.5) is 0 Å². The molecule has 0 unspecified atom stereocenters. The van der Waals surface area contributed by atoms with Crippen molar-refractivity contribution in [1.82, 2.24) is 0 Å². The molecule has 0 atom stereocenters. The zero-order valence-electron chi connectivity index (χ0n) is 9.23. The summed E-state index contributed by atoms with van der Waals surface area (Å²) in [5.41, 5.74) is 2.75. The highest BCUT2D eigenvalue weighted by Gasteiger charge is 1.96. The van der Waals surface area contributed by atoms with E-state index in [1.807, 2.05) is 31.2 Å². The number of hydrogen-bond donors (Lipinski definition) is 0. The summed E-state index contributed by atoms with van der Waals surface area (Å²) in [7, 11) is 0. The zero-order chi connectivity index (χ0) is 11.8. The number of aryl methyl sites for hydroxylation is 1. The molecule has 2 nitrogen and oxygen atoms in total. The van der Waals surface area contributed by atoms with E-state index in [9.17, 15) is 0 Å². The van der Waals surface area contributed by atoms with Gasteiger partial charge in [-0.3, -0.25) is 0 Å². The van der Waals surface area contributed by atoms with E-state index in [1.54, 1.807) is 6.08 Å². The van der Waals surface area contributed by atoms with Gasteiger partial charge in [-0.2, -0.15) is 5.26 Å². The molecule has 16 heavy (non-hydrogen) atoms. The van der Waals surface area contributed by atoms with Crippen LogP contribution in [0.15, 0.2) is 29.8 Å². The van der Waals surface area contributed by atoms with E-state index >= 15 is 0 Å². The first-order valence-corrected chi connectivity index (χ1v) is 4.95. The molecule has 0 N–H and O–H groups in total. The molecule has 0 saturated carbocycles. The third-order valence-corrected chi connectivity index (χ3v) is 2.00. The average molecular weight is 211 g/mol. The van der Waals surface area contributed by atoms with E-state index in [1.165, 1.54) is 5.56 Å². The van der Waals surface area contributed by atoms with Crippen LogP contribution in [0.1, 0.15) is 11.1 Å².